The second-order valence-corrected chi connectivity index (χ2v) is 15.9. The molecule has 0 saturated carbocycles. The lowest BCUT2D eigenvalue weighted by Gasteiger charge is -2.16. The minimum atomic E-state index is 0.0136. The van der Waals surface area contributed by atoms with Gasteiger partial charge in [0, 0.05) is 11.1 Å². The molecule has 0 aliphatic heterocycles. The van der Waals surface area contributed by atoms with Gasteiger partial charge < -0.3 is 0 Å². The summed E-state index contributed by atoms with van der Waals surface area (Å²) in [5, 5.41) is 14.1. The number of imidazole rings is 1. The zero-order valence-electron chi connectivity index (χ0n) is 31.9. The standard InChI is InChI=1S/C51H43N3O/c1-4-7-14-29-16-10-12-19-33(29)37-26-39-46-44-35(37)23-21-31-22-24-36-38(34-20-13-11-17-30(34)15-8-5-2)27-40(47(46)45(36)43(31)44)49-48(39)50-53-41-28-52-32(18-9-6-3)25-42(41)54(50)51(49)55/h10-13,16-17,19-28H,4-9,14-15,18H2,1-3H3. The van der Waals surface area contributed by atoms with Crippen LogP contribution in [0.1, 0.15) is 76.1 Å². The summed E-state index contributed by atoms with van der Waals surface area (Å²) in [6.07, 6.45) is 11.5. The predicted octanol–water partition coefficient (Wildman–Crippen LogP) is 13.3. The molecule has 0 bridgehead atoms. The Morgan fingerprint density at radius 1 is 0.527 bits per heavy atom. The molecule has 3 heterocycles. The van der Waals surface area contributed by atoms with E-state index in [2.05, 4.69) is 112 Å². The third-order valence-electron chi connectivity index (χ3n) is 12.7. The van der Waals surface area contributed by atoms with E-state index in [1.807, 2.05) is 10.6 Å². The van der Waals surface area contributed by atoms with Crippen molar-refractivity contribution in [2.75, 3.05) is 0 Å². The minimum Gasteiger partial charge on any atom is -0.268 e. The first kappa shape index (κ1) is 32.6. The summed E-state index contributed by atoms with van der Waals surface area (Å²) in [6.45, 7) is 6.73. The highest BCUT2D eigenvalue weighted by molar-refractivity contribution is 6.50. The smallest absolute Gasteiger partial charge is 0.265 e. The molecule has 11 aromatic rings. The van der Waals surface area contributed by atoms with E-state index in [1.54, 1.807) is 0 Å². The lowest BCUT2D eigenvalue weighted by Crippen LogP contribution is -2.06. The van der Waals surface area contributed by atoms with Crippen LogP contribution in [0.15, 0.2) is 102 Å². The second kappa shape index (κ2) is 12.3. The molecular formula is C51H43N3O. The third kappa shape index (κ3) is 4.48. The Hall–Kier alpha value is -5.87. The minimum absolute atomic E-state index is 0.0136. The average molecular weight is 714 g/mol. The number of rotatable bonds is 11. The molecule has 4 nitrogen and oxygen atoms in total. The van der Waals surface area contributed by atoms with Crippen LogP contribution in [0.3, 0.4) is 0 Å². The van der Waals surface area contributed by atoms with Gasteiger partial charge in [0.25, 0.3) is 5.56 Å². The first-order valence-electron chi connectivity index (χ1n) is 20.5. The molecule has 0 atom stereocenters. The maximum Gasteiger partial charge on any atom is 0.265 e. The SMILES string of the molecule is CCCCc1cc2c(cn1)nc1c3c4cc(-c5ccccc5CCCC)c5ccc6ccc7c(-c8ccccc8CCCC)cc(c3c(=O)n21)c1c7c6c5c41. The number of hydrogen-bond acceptors (Lipinski definition) is 3. The number of unbranched alkanes of at least 4 members (excludes halogenated alkanes) is 3. The number of aryl methyl sites for hydroxylation is 3. The van der Waals surface area contributed by atoms with Crippen molar-refractivity contribution in [3.05, 3.63) is 124 Å². The molecule has 0 aliphatic carbocycles. The number of fused-ring (bicyclic) bond motifs is 7. The second-order valence-electron chi connectivity index (χ2n) is 15.9. The van der Waals surface area contributed by atoms with Crippen molar-refractivity contribution in [3.8, 4) is 22.3 Å². The molecule has 0 radical (unpaired) electrons. The fourth-order valence-electron chi connectivity index (χ4n) is 10.1. The van der Waals surface area contributed by atoms with Gasteiger partial charge in [-0.1, -0.05) is 113 Å². The molecule has 8 aromatic carbocycles. The van der Waals surface area contributed by atoms with E-state index < -0.39 is 0 Å². The van der Waals surface area contributed by atoms with Gasteiger partial charge in [0.2, 0.25) is 0 Å². The van der Waals surface area contributed by atoms with Gasteiger partial charge in [-0.2, -0.15) is 0 Å². The van der Waals surface area contributed by atoms with Gasteiger partial charge in [-0.15, -0.1) is 0 Å². The van der Waals surface area contributed by atoms with Crippen LogP contribution in [-0.2, 0) is 19.3 Å². The molecule has 0 unspecified atom stereocenters. The lowest BCUT2D eigenvalue weighted by atomic mass is 9.87. The van der Waals surface area contributed by atoms with Gasteiger partial charge in [0.15, 0.2) is 0 Å². The first-order chi connectivity index (χ1) is 27.1. The maximum atomic E-state index is 15.3. The van der Waals surface area contributed by atoms with E-state index in [0.717, 1.165) is 102 Å². The molecule has 55 heavy (non-hydrogen) atoms. The van der Waals surface area contributed by atoms with Crippen LogP contribution >= 0.6 is 0 Å². The van der Waals surface area contributed by atoms with E-state index in [1.165, 1.54) is 76.5 Å². The highest BCUT2D eigenvalue weighted by atomic mass is 16.1. The van der Waals surface area contributed by atoms with Crippen molar-refractivity contribution in [3.63, 3.8) is 0 Å². The Bertz CT molecular complexity index is 3290. The van der Waals surface area contributed by atoms with Crippen LogP contribution in [-0.4, -0.2) is 14.4 Å². The topological polar surface area (TPSA) is 47.3 Å². The largest absolute Gasteiger partial charge is 0.268 e. The molecule has 0 saturated heterocycles. The summed E-state index contributed by atoms with van der Waals surface area (Å²) in [4.78, 5) is 25.4. The van der Waals surface area contributed by atoms with Crippen LogP contribution in [0.5, 0.6) is 0 Å². The number of benzene rings is 7. The Morgan fingerprint density at radius 3 is 1.67 bits per heavy atom. The third-order valence-corrected chi connectivity index (χ3v) is 12.7. The van der Waals surface area contributed by atoms with Gasteiger partial charge in [-0.25, -0.2) is 4.98 Å². The van der Waals surface area contributed by atoms with E-state index in [9.17, 15) is 0 Å². The highest BCUT2D eigenvalue weighted by Crippen LogP contribution is 2.55. The van der Waals surface area contributed by atoms with Crippen molar-refractivity contribution in [2.45, 2.75) is 78.6 Å². The zero-order chi connectivity index (χ0) is 36.9. The van der Waals surface area contributed by atoms with Crippen LogP contribution in [0.25, 0.3) is 104 Å². The molecule has 3 aromatic heterocycles. The molecule has 0 N–H and O–H groups in total. The molecule has 4 heteroatoms. The number of hydrogen-bond donors (Lipinski definition) is 0. The Balaban J connectivity index is 1.37. The van der Waals surface area contributed by atoms with Gasteiger partial charge >= 0.3 is 0 Å². The summed E-state index contributed by atoms with van der Waals surface area (Å²) in [5.41, 5.74) is 11.1. The molecule has 11 rings (SSSR count). The molecule has 0 fully saturated rings. The quantitative estimate of drug-likeness (QED) is 0.125. The van der Waals surface area contributed by atoms with E-state index in [4.69, 9.17) is 9.97 Å². The van der Waals surface area contributed by atoms with Crippen molar-refractivity contribution in [1.82, 2.24) is 14.4 Å². The highest BCUT2D eigenvalue weighted by Gasteiger charge is 2.30. The first-order valence-corrected chi connectivity index (χ1v) is 20.5. The summed E-state index contributed by atoms with van der Waals surface area (Å²) in [6, 6.07) is 34.1. The Labute approximate surface area is 319 Å². The normalized spacial score (nSPS) is 12.6. The number of nitrogens with zero attached hydrogens (tertiary/aromatic N) is 3. The summed E-state index contributed by atoms with van der Waals surface area (Å²) >= 11 is 0. The Morgan fingerprint density at radius 2 is 1.07 bits per heavy atom. The van der Waals surface area contributed by atoms with Crippen molar-refractivity contribution in [2.24, 2.45) is 0 Å². The van der Waals surface area contributed by atoms with Crippen molar-refractivity contribution < 1.29 is 0 Å². The van der Waals surface area contributed by atoms with E-state index >= 15 is 4.79 Å². The molecule has 0 amide bonds. The van der Waals surface area contributed by atoms with Crippen LogP contribution < -0.4 is 5.56 Å². The molecule has 0 spiro atoms. The summed E-state index contributed by atoms with van der Waals surface area (Å²) in [7, 11) is 0. The molecule has 0 aliphatic rings. The van der Waals surface area contributed by atoms with Gasteiger partial charge in [0.1, 0.15) is 11.2 Å². The lowest BCUT2D eigenvalue weighted by molar-refractivity contribution is 0.778. The van der Waals surface area contributed by atoms with Crippen LogP contribution in [0.4, 0.5) is 0 Å². The van der Waals surface area contributed by atoms with Gasteiger partial charge in [-0.05, 0) is 144 Å². The predicted molar refractivity (Wildman–Crippen MR) is 233 cm³/mol. The average Bonchev–Trinajstić information content (AvgIpc) is 3.88. The fraction of sp³-hybridized carbons (Fsp3) is 0.235. The zero-order valence-corrected chi connectivity index (χ0v) is 31.9. The van der Waals surface area contributed by atoms with Gasteiger partial charge in [0.05, 0.1) is 17.1 Å². The summed E-state index contributed by atoms with van der Waals surface area (Å²) in [5.74, 6) is 0. The van der Waals surface area contributed by atoms with Crippen molar-refractivity contribution >= 4 is 81.3 Å². The maximum absolute atomic E-state index is 15.3. The summed E-state index contributed by atoms with van der Waals surface area (Å²) < 4.78 is 1.90. The number of aromatic nitrogens is 3. The van der Waals surface area contributed by atoms with Crippen LogP contribution in [0, 0.1) is 0 Å². The monoisotopic (exact) mass is 713 g/mol. The van der Waals surface area contributed by atoms with E-state index in [-0.39, 0.29) is 5.56 Å². The number of pyridine rings is 1. The van der Waals surface area contributed by atoms with E-state index in [0.29, 0.717) is 0 Å². The van der Waals surface area contributed by atoms with Crippen LogP contribution in [0.2, 0.25) is 0 Å². The van der Waals surface area contributed by atoms with Crippen molar-refractivity contribution in [1.29, 1.82) is 0 Å². The Kier molecular flexibility index (Phi) is 7.30. The fourth-order valence-corrected chi connectivity index (χ4v) is 10.1. The molecule has 268 valence electrons. The molecular weight excluding hydrogens is 671 g/mol. The van der Waals surface area contributed by atoms with Gasteiger partial charge in [-0.3, -0.25) is 14.2 Å².